The first-order valence-electron chi connectivity index (χ1n) is 22.2. The molecule has 0 aliphatic heterocycles. The van der Waals surface area contributed by atoms with Gasteiger partial charge in [-0.3, -0.25) is 9.59 Å². The average molecular weight is 729 g/mol. The zero-order valence-corrected chi connectivity index (χ0v) is 34.3. The lowest BCUT2D eigenvalue weighted by Gasteiger charge is -2.15. The van der Waals surface area contributed by atoms with Crippen molar-refractivity contribution in [1.29, 1.82) is 0 Å². The summed E-state index contributed by atoms with van der Waals surface area (Å²) in [6, 6.07) is 0. The van der Waals surface area contributed by atoms with Crippen molar-refractivity contribution in [2.45, 2.75) is 225 Å². The Morgan fingerprint density at radius 2 is 0.769 bits per heavy atom. The van der Waals surface area contributed by atoms with Gasteiger partial charge < -0.3 is 14.6 Å². The number of esters is 2. The van der Waals surface area contributed by atoms with E-state index >= 15 is 0 Å². The number of unbranched alkanes of at least 4 members (excludes halogenated alkanes) is 24. The maximum Gasteiger partial charge on any atom is 0.306 e. The van der Waals surface area contributed by atoms with Crippen LogP contribution >= 0.6 is 0 Å². The third kappa shape index (κ3) is 40.6. The smallest absolute Gasteiger partial charge is 0.306 e. The van der Waals surface area contributed by atoms with Gasteiger partial charge in [0.2, 0.25) is 0 Å². The molecule has 0 rings (SSSR count). The van der Waals surface area contributed by atoms with Crippen LogP contribution in [0.1, 0.15) is 219 Å². The number of aliphatic hydroxyl groups is 1. The molecule has 0 bridgehead atoms. The molecule has 1 N–H and O–H groups in total. The van der Waals surface area contributed by atoms with Crippen LogP contribution in [0.4, 0.5) is 0 Å². The molecule has 0 fully saturated rings. The zero-order chi connectivity index (χ0) is 37.8. The summed E-state index contributed by atoms with van der Waals surface area (Å²) in [5.74, 6) is -0.597. The molecule has 0 aromatic heterocycles. The summed E-state index contributed by atoms with van der Waals surface area (Å²) < 4.78 is 10.6. The fourth-order valence-corrected chi connectivity index (χ4v) is 6.20. The summed E-state index contributed by atoms with van der Waals surface area (Å²) >= 11 is 0. The number of rotatable bonds is 40. The normalized spacial score (nSPS) is 12.6. The van der Waals surface area contributed by atoms with Crippen molar-refractivity contribution in [3.63, 3.8) is 0 Å². The van der Waals surface area contributed by atoms with Crippen molar-refractivity contribution in [1.82, 2.24) is 0 Å². The standard InChI is InChI=1S/C47H84O5/c1-3-5-7-9-11-13-15-17-19-21-23-25-27-29-31-33-35-37-39-41-46(49)51-44-45(43-48)52-47(50)42-40-38-36-34-32-30-28-26-24-22-20-18-16-14-12-10-8-6-4-2/h11-14,17-20,45,48H,3-10,15-16,21-44H2,1-2H3/b13-11-,14-12-,19-17-,20-18-/t45-/m0/s1. The van der Waals surface area contributed by atoms with E-state index in [0.29, 0.717) is 12.8 Å². The number of hydrogen-bond donors (Lipinski definition) is 1. The van der Waals surface area contributed by atoms with Gasteiger partial charge in [0.1, 0.15) is 6.61 Å². The Kier molecular flexibility index (Phi) is 41.5. The molecule has 0 spiro atoms. The van der Waals surface area contributed by atoms with E-state index in [1.165, 1.54) is 141 Å². The van der Waals surface area contributed by atoms with Gasteiger partial charge in [0.05, 0.1) is 6.61 Å². The van der Waals surface area contributed by atoms with E-state index < -0.39 is 6.10 Å². The Bertz CT molecular complexity index is 873. The summed E-state index contributed by atoms with van der Waals surface area (Å²) in [6.45, 7) is 4.09. The van der Waals surface area contributed by atoms with E-state index in [9.17, 15) is 14.7 Å². The minimum absolute atomic E-state index is 0.0696. The second-order valence-electron chi connectivity index (χ2n) is 14.8. The monoisotopic (exact) mass is 729 g/mol. The fourth-order valence-electron chi connectivity index (χ4n) is 6.20. The maximum atomic E-state index is 12.2. The molecule has 302 valence electrons. The second kappa shape index (κ2) is 43.3. The second-order valence-corrected chi connectivity index (χ2v) is 14.8. The molecule has 0 unspecified atom stereocenters. The van der Waals surface area contributed by atoms with Crippen molar-refractivity contribution < 1.29 is 24.2 Å². The molecule has 5 heteroatoms. The van der Waals surface area contributed by atoms with Gasteiger partial charge in [-0.25, -0.2) is 0 Å². The highest BCUT2D eigenvalue weighted by Crippen LogP contribution is 2.14. The molecule has 5 nitrogen and oxygen atoms in total. The minimum Gasteiger partial charge on any atom is -0.462 e. The first-order chi connectivity index (χ1) is 25.6. The van der Waals surface area contributed by atoms with Crippen LogP contribution < -0.4 is 0 Å². The van der Waals surface area contributed by atoms with Crippen LogP contribution in [0.25, 0.3) is 0 Å². The van der Waals surface area contributed by atoms with Crippen molar-refractivity contribution in [2.75, 3.05) is 13.2 Å². The first-order valence-corrected chi connectivity index (χ1v) is 22.2. The lowest BCUT2D eigenvalue weighted by molar-refractivity contribution is -0.161. The van der Waals surface area contributed by atoms with E-state index in [-0.39, 0.29) is 25.2 Å². The van der Waals surface area contributed by atoms with Gasteiger partial charge >= 0.3 is 11.9 Å². The Balaban J connectivity index is 3.54. The molecule has 0 amide bonds. The maximum absolute atomic E-state index is 12.2. The molecule has 0 radical (unpaired) electrons. The number of aliphatic hydroxyl groups excluding tert-OH is 1. The van der Waals surface area contributed by atoms with Gasteiger partial charge in [-0.15, -0.1) is 0 Å². The molecule has 1 atom stereocenters. The molecular formula is C47H84O5. The Morgan fingerprint density at radius 1 is 0.442 bits per heavy atom. The van der Waals surface area contributed by atoms with Crippen LogP contribution in [0.15, 0.2) is 48.6 Å². The molecule has 0 aromatic rings. The van der Waals surface area contributed by atoms with Gasteiger partial charge in [-0.05, 0) is 77.0 Å². The van der Waals surface area contributed by atoms with Crippen molar-refractivity contribution in [3.8, 4) is 0 Å². The number of carbonyl (C=O) groups is 2. The van der Waals surface area contributed by atoms with Crippen LogP contribution in [0.2, 0.25) is 0 Å². The first kappa shape index (κ1) is 49.9. The van der Waals surface area contributed by atoms with Gasteiger partial charge in [0, 0.05) is 12.8 Å². The van der Waals surface area contributed by atoms with E-state index in [1.54, 1.807) is 0 Å². The van der Waals surface area contributed by atoms with E-state index in [2.05, 4.69) is 62.5 Å². The summed E-state index contributed by atoms with van der Waals surface area (Å²) in [5.41, 5.74) is 0. The summed E-state index contributed by atoms with van der Waals surface area (Å²) in [7, 11) is 0. The van der Waals surface area contributed by atoms with Crippen LogP contribution in [-0.4, -0.2) is 36.4 Å². The summed E-state index contributed by atoms with van der Waals surface area (Å²) in [4.78, 5) is 24.3. The highest BCUT2D eigenvalue weighted by Gasteiger charge is 2.16. The summed E-state index contributed by atoms with van der Waals surface area (Å²) in [5, 5.41) is 9.59. The molecule has 0 saturated heterocycles. The summed E-state index contributed by atoms with van der Waals surface area (Å²) in [6.07, 6.45) is 54.6. The Hall–Kier alpha value is -2.14. The topological polar surface area (TPSA) is 72.8 Å². The predicted molar refractivity (Wildman–Crippen MR) is 224 cm³/mol. The molecule has 52 heavy (non-hydrogen) atoms. The predicted octanol–water partition coefficient (Wildman–Crippen LogP) is 14.2. The SMILES string of the molecule is CCCCC/C=C\C/C=C\CCCCCCCCCCCC(=O)OC[C@H](CO)OC(=O)CCCCCCCCCCC/C=C\C/C=C\CCCCC. The van der Waals surface area contributed by atoms with Gasteiger partial charge in [0.25, 0.3) is 0 Å². The van der Waals surface area contributed by atoms with E-state index in [0.717, 1.165) is 51.4 Å². The van der Waals surface area contributed by atoms with Crippen molar-refractivity contribution in [3.05, 3.63) is 48.6 Å². The van der Waals surface area contributed by atoms with Crippen molar-refractivity contribution >= 4 is 11.9 Å². The minimum atomic E-state index is -0.776. The third-order valence-corrected chi connectivity index (χ3v) is 9.60. The highest BCUT2D eigenvalue weighted by molar-refractivity contribution is 5.70. The van der Waals surface area contributed by atoms with Crippen molar-refractivity contribution in [2.24, 2.45) is 0 Å². The largest absolute Gasteiger partial charge is 0.462 e. The number of ether oxygens (including phenoxy) is 2. The molecule has 0 aromatic carbocycles. The molecule has 0 heterocycles. The average Bonchev–Trinajstić information content (AvgIpc) is 3.15. The number of hydrogen-bond acceptors (Lipinski definition) is 5. The molecule has 0 aliphatic rings. The quantitative estimate of drug-likeness (QED) is 0.0386. The molecule has 0 saturated carbocycles. The van der Waals surface area contributed by atoms with Gasteiger partial charge in [-0.2, -0.15) is 0 Å². The third-order valence-electron chi connectivity index (χ3n) is 9.60. The zero-order valence-electron chi connectivity index (χ0n) is 34.3. The highest BCUT2D eigenvalue weighted by atomic mass is 16.6. The van der Waals surface area contributed by atoms with E-state index in [1.807, 2.05) is 0 Å². The van der Waals surface area contributed by atoms with Crippen LogP contribution in [0, 0.1) is 0 Å². The lowest BCUT2D eigenvalue weighted by Crippen LogP contribution is -2.28. The van der Waals surface area contributed by atoms with E-state index in [4.69, 9.17) is 9.47 Å². The Labute approximate surface area is 322 Å². The number of allylic oxidation sites excluding steroid dienone is 8. The fraction of sp³-hybridized carbons (Fsp3) is 0.787. The van der Waals surface area contributed by atoms with Crippen LogP contribution in [-0.2, 0) is 19.1 Å². The number of carbonyl (C=O) groups excluding carboxylic acids is 2. The van der Waals surface area contributed by atoms with Crippen LogP contribution in [0.5, 0.6) is 0 Å². The van der Waals surface area contributed by atoms with Gasteiger partial charge in [0.15, 0.2) is 6.10 Å². The van der Waals surface area contributed by atoms with Crippen LogP contribution in [0.3, 0.4) is 0 Å². The van der Waals surface area contributed by atoms with Gasteiger partial charge in [-0.1, -0.05) is 178 Å². The lowest BCUT2D eigenvalue weighted by atomic mass is 10.1. The molecule has 0 aliphatic carbocycles. The Morgan fingerprint density at radius 3 is 1.13 bits per heavy atom. The molecular weight excluding hydrogens is 645 g/mol.